The van der Waals surface area contributed by atoms with Gasteiger partial charge in [-0.15, -0.1) is 11.8 Å². The van der Waals surface area contributed by atoms with Crippen molar-refractivity contribution in [3.8, 4) is 0 Å². The summed E-state index contributed by atoms with van der Waals surface area (Å²) >= 11 is 1.45. The number of carbonyl (C=O) groups is 3. The van der Waals surface area contributed by atoms with Gasteiger partial charge in [-0.25, -0.2) is 4.79 Å². The number of fused-ring (bicyclic) bond motifs is 1. The van der Waals surface area contributed by atoms with Crippen LogP contribution in [0.1, 0.15) is 32.3 Å². The molecule has 2 amide bonds. The normalized spacial score (nSPS) is 24.1. The first-order chi connectivity index (χ1) is 13.3. The molecule has 4 atom stereocenters. The molecule has 2 aliphatic rings. The maximum Gasteiger partial charge on any atom is 0.330 e. The average molecular weight is 407 g/mol. The first kappa shape index (κ1) is 20.1. The van der Waals surface area contributed by atoms with E-state index < -0.39 is 16.9 Å². The number of β-lactam (4-membered cyclic amide) rings is 1. The topological polar surface area (TPSA) is 119 Å². The molecule has 9 nitrogen and oxygen atoms in total. The number of rotatable bonds is 7. The molecule has 0 saturated carbocycles. The SMILES string of the molecule is CC(=O)NC(C)SC1CC2CC(=O)N2C1C(=O)OCc1ccc([N+](=O)[O-])cc1. The molecule has 10 heteroatoms. The molecule has 150 valence electrons. The third kappa shape index (κ3) is 4.27. The Bertz CT molecular complexity index is 799. The summed E-state index contributed by atoms with van der Waals surface area (Å²) in [6.07, 6.45) is 1.11. The van der Waals surface area contributed by atoms with E-state index in [1.807, 2.05) is 6.92 Å². The van der Waals surface area contributed by atoms with Gasteiger partial charge in [0.15, 0.2) is 0 Å². The first-order valence-electron chi connectivity index (χ1n) is 8.90. The van der Waals surface area contributed by atoms with E-state index in [4.69, 9.17) is 4.74 Å². The zero-order valence-electron chi connectivity index (χ0n) is 15.5. The standard InChI is InChI=1S/C18H21N3O6S/c1-10(22)19-11(2)28-15-7-14-8-16(23)20(14)17(15)18(24)27-9-12-3-5-13(6-4-12)21(25)26/h3-6,11,14-15,17H,7-9H2,1-2H3,(H,19,22). The van der Waals surface area contributed by atoms with Gasteiger partial charge in [0, 0.05) is 36.8 Å². The fourth-order valence-electron chi connectivity index (χ4n) is 3.58. The van der Waals surface area contributed by atoms with E-state index in [2.05, 4.69) is 5.32 Å². The van der Waals surface area contributed by atoms with Gasteiger partial charge in [-0.3, -0.25) is 19.7 Å². The van der Waals surface area contributed by atoms with E-state index in [-0.39, 0.29) is 40.8 Å². The average Bonchev–Trinajstić information content (AvgIpc) is 2.91. The Morgan fingerprint density at radius 2 is 2.07 bits per heavy atom. The van der Waals surface area contributed by atoms with Gasteiger partial charge in [0.2, 0.25) is 11.8 Å². The first-order valence-corrected chi connectivity index (χ1v) is 9.84. The summed E-state index contributed by atoms with van der Waals surface area (Å²) in [5.41, 5.74) is 0.586. The number of ether oxygens (including phenoxy) is 1. The summed E-state index contributed by atoms with van der Waals surface area (Å²) in [7, 11) is 0. The minimum atomic E-state index is -0.689. The van der Waals surface area contributed by atoms with Crippen LogP contribution in [0.2, 0.25) is 0 Å². The number of amides is 2. The van der Waals surface area contributed by atoms with Crippen LogP contribution >= 0.6 is 11.8 Å². The summed E-state index contributed by atoms with van der Waals surface area (Å²) in [5.74, 6) is -0.728. The van der Waals surface area contributed by atoms with Crippen LogP contribution in [0.3, 0.4) is 0 Å². The fraction of sp³-hybridized carbons (Fsp3) is 0.500. The largest absolute Gasteiger partial charge is 0.459 e. The molecule has 0 radical (unpaired) electrons. The Labute approximate surface area is 165 Å². The van der Waals surface area contributed by atoms with Crippen molar-refractivity contribution >= 4 is 35.2 Å². The molecule has 0 bridgehead atoms. The van der Waals surface area contributed by atoms with Crippen LogP contribution in [0.25, 0.3) is 0 Å². The van der Waals surface area contributed by atoms with Crippen LogP contribution in [0, 0.1) is 10.1 Å². The van der Waals surface area contributed by atoms with Gasteiger partial charge < -0.3 is 15.0 Å². The molecule has 0 spiro atoms. The Morgan fingerprint density at radius 3 is 2.64 bits per heavy atom. The van der Waals surface area contributed by atoms with E-state index in [1.165, 1.54) is 43.0 Å². The van der Waals surface area contributed by atoms with Gasteiger partial charge in [-0.05, 0) is 31.0 Å². The van der Waals surface area contributed by atoms with Crippen molar-refractivity contribution in [2.75, 3.05) is 0 Å². The van der Waals surface area contributed by atoms with Gasteiger partial charge in [0.1, 0.15) is 12.6 Å². The van der Waals surface area contributed by atoms with Gasteiger partial charge in [0.25, 0.3) is 5.69 Å². The van der Waals surface area contributed by atoms with Gasteiger partial charge in [-0.2, -0.15) is 0 Å². The molecule has 2 fully saturated rings. The second-order valence-electron chi connectivity index (χ2n) is 6.89. The molecule has 3 rings (SSSR count). The lowest BCUT2D eigenvalue weighted by atomic mass is 10.0. The van der Waals surface area contributed by atoms with E-state index in [1.54, 1.807) is 4.90 Å². The van der Waals surface area contributed by atoms with E-state index >= 15 is 0 Å². The molecule has 2 aliphatic heterocycles. The zero-order valence-corrected chi connectivity index (χ0v) is 16.3. The second kappa shape index (κ2) is 8.17. The summed E-state index contributed by atoms with van der Waals surface area (Å²) < 4.78 is 5.40. The number of nitro groups is 1. The zero-order chi connectivity index (χ0) is 20.4. The highest BCUT2D eigenvalue weighted by Gasteiger charge is 2.54. The van der Waals surface area contributed by atoms with Crippen molar-refractivity contribution in [1.29, 1.82) is 0 Å². The van der Waals surface area contributed by atoms with Crippen LogP contribution in [0.5, 0.6) is 0 Å². The molecule has 1 N–H and O–H groups in total. The number of nitrogens with one attached hydrogen (secondary N) is 1. The van der Waals surface area contributed by atoms with Crippen LogP contribution in [-0.2, 0) is 25.7 Å². The lowest BCUT2D eigenvalue weighted by Gasteiger charge is -2.37. The molecular formula is C18H21N3O6S. The van der Waals surface area contributed by atoms with Crippen molar-refractivity contribution in [3.63, 3.8) is 0 Å². The highest BCUT2D eigenvalue weighted by molar-refractivity contribution is 8.00. The molecule has 1 aromatic rings. The fourth-order valence-corrected chi connectivity index (χ4v) is 5.07. The van der Waals surface area contributed by atoms with E-state index in [9.17, 15) is 24.5 Å². The number of hydrogen-bond acceptors (Lipinski definition) is 7. The van der Waals surface area contributed by atoms with Crippen LogP contribution in [-0.4, -0.2) is 50.3 Å². The van der Waals surface area contributed by atoms with E-state index in [0.717, 1.165) is 0 Å². The van der Waals surface area contributed by atoms with Crippen LogP contribution in [0.4, 0.5) is 5.69 Å². The lowest BCUT2D eigenvalue weighted by Crippen LogP contribution is -2.55. The molecular weight excluding hydrogens is 386 g/mol. The van der Waals surface area contributed by atoms with Crippen LogP contribution in [0.15, 0.2) is 24.3 Å². The van der Waals surface area contributed by atoms with Crippen molar-refractivity contribution in [1.82, 2.24) is 10.2 Å². The monoisotopic (exact) mass is 407 g/mol. The van der Waals surface area contributed by atoms with Crippen LogP contribution < -0.4 is 5.32 Å². The number of thioether (sulfide) groups is 1. The second-order valence-corrected chi connectivity index (χ2v) is 8.47. The minimum Gasteiger partial charge on any atom is -0.459 e. The molecule has 0 aromatic heterocycles. The minimum absolute atomic E-state index is 0.0291. The van der Waals surface area contributed by atoms with E-state index in [0.29, 0.717) is 18.4 Å². The summed E-state index contributed by atoms with van der Waals surface area (Å²) in [6, 6.07) is 5.10. The summed E-state index contributed by atoms with van der Waals surface area (Å²) in [6.45, 7) is 3.24. The molecule has 2 heterocycles. The molecule has 2 saturated heterocycles. The Hall–Kier alpha value is -2.62. The Balaban J connectivity index is 1.63. The van der Waals surface area contributed by atoms with Gasteiger partial charge in [-0.1, -0.05) is 0 Å². The Kier molecular flexibility index (Phi) is 5.87. The number of non-ortho nitro benzene ring substituents is 1. The maximum absolute atomic E-state index is 12.7. The maximum atomic E-state index is 12.7. The molecule has 0 aliphatic carbocycles. The van der Waals surface area contributed by atoms with Gasteiger partial charge >= 0.3 is 5.97 Å². The predicted molar refractivity (Wildman–Crippen MR) is 101 cm³/mol. The highest BCUT2D eigenvalue weighted by atomic mass is 32.2. The van der Waals surface area contributed by atoms with Crippen molar-refractivity contribution in [2.45, 2.75) is 56.0 Å². The van der Waals surface area contributed by atoms with Crippen molar-refractivity contribution in [2.24, 2.45) is 0 Å². The molecule has 1 aromatic carbocycles. The number of benzene rings is 1. The van der Waals surface area contributed by atoms with Gasteiger partial charge in [0.05, 0.1) is 10.3 Å². The Morgan fingerprint density at radius 1 is 1.39 bits per heavy atom. The predicted octanol–water partition coefficient (Wildman–Crippen LogP) is 1.60. The quantitative estimate of drug-likeness (QED) is 0.240. The molecule has 28 heavy (non-hydrogen) atoms. The molecule has 4 unspecified atom stereocenters. The number of carbonyl (C=O) groups excluding carboxylic acids is 3. The summed E-state index contributed by atoms with van der Waals surface area (Å²) in [4.78, 5) is 47.7. The smallest absolute Gasteiger partial charge is 0.330 e. The number of nitrogens with zero attached hydrogens (tertiary/aromatic N) is 2. The highest BCUT2D eigenvalue weighted by Crippen LogP contribution is 2.42. The number of hydrogen-bond donors (Lipinski definition) is 1. The number of esters is 1. The number of nitro benzene ring substituents is 1. The van der Waals surface area contributed by atoms with Crippen molar-refractivity contribution < 1.29 is 24.0 Å². The third-order valence-corrected chi connectivity index (χ3v) is 6.13. The lowest BCUT2D eigenvalue weighted by molar-refractivity contribution is -0.384. The third-order valence-electron chi connectivity index (χ3n) is 4.80. The van der Waals surface area contributed by atoms with Crippen molar-refractivity contribution in [3.05, 3.63) is 39.9 Å². The summed E-state index contributed by atoms with van der Waals surface area (Å²) in [5, 5.41) is 13.1.